The largest absolute Gasteiger partial charge is 0.457 e. The zero-order chi connectivity index (χ0) is 20.0. The Morgan fingerprint density at radius 1 is 0.520 bits per heavy atom. The van der Waals surface area contributed by atoms with Gasteiger partial charge in [0.25, 0.3) is 11.3 Å². The fourth-order valence-corrected chi connectivity index (χ4v) is 2.47. The van der Waals surface area contributed by atoms with Crippen LogP contribution in [0.4, 0.5) is 61.5 Å². The van der Waals surface area contributed by atoms with Crippen molar-refractivity contribution in [2.75, 3.05) is 0 Å². The Morgan fingerprint density at radius 2 is 0.840 bits per heavy atom. The molecule has 14 heteroatoms. The van der Waals surface area contributed by atoms with Gasteiger partial charge < -0.3 is 0 Å². The van der Waals surface area contributed by atoms with Crippen molar-refractivity contribution in [2.24, 2.45) is 0 Å². The first-order chi connectivity index (χ1) is 10.9. The molecule has 0 nitrogen and oxygen atoms in total. The lowest BCUT2D eigenvalue weighted by molar-refractivity contribution is -0.403. The lowest BCUT2D eigenvalue weighted by Gasteiger charge is -2.52. The Bertz CT molecular complexity index is 743. The van der Waals surface area contributed by atoms with Crippen LogP contribution in [0.3, 0.4) is 0 Å². The number of benzene rings is 1. The highest BCUT2D eigenvalue weighted by Gasteiger charge is 2.93. The van der Waals surface area contributed by atoms with Gasteiger partial charge >= 0.3 is 18.3 Å². The molecule has 0 aromatic heterocycles. The summed E-state index contributed by atoms with van der Waals surface area (Å²) in [5.74, 6) is -20.3. The zero-order valence-electron chi connectivity index (χ0n) is 10.8. The van der Waals surface area contributed by atoms with Crippen molar-refractivity contribution in [2.45, 2.75) is 29.6 Å². The summed E-state index contributed by atoms with van der Waals surface area (Å²) in [6, 6.07) is 0. The van der Waals surface area contributed by atoms with Crippen molar-refractivity contribution in [3.05, 3.63) is 34.4 Å². The second-order valence-corrected chi connectivity index (χ2v) is 4.89. The summed E-state index contributed by atoms with van der Waals surface area (Å²) in [7, 11) is 0. The third kappa shape index (κ3) is 1.85. The third-order valence-electron chi connectivity index (χ3n) is 3.61. The van der Waals surface area contributed by atoms with Gasteiger partial charge in [0.05, 0.1) is 5.56 Å². The third-order valence-corrected chi connectivity index (χ3v) is 3.61. The molecule has 142 valence electrons. The molecule has 0 spiro atoms. The molecule has 1 aromatic rings. The van der Waals surface area contributed by atoms with Gasteiger partial charge in [-0.05, 0) is 0 Å². The molecule has 25 heavy (non-hydrogen) atoms. The van der Waals surface area contributed by atoms with E-state index in [1.807, 2.05) is 0 Å². The van der Waals surface area contributed by atoms with Crippen LogP contribution in [0.1, 0.15) is 11.1 Å². The predicted octanol–water partition coefficient (Wildman–Crippen LogP) is 5.35. The quantitative estimate of drug-likeness (QED) is 0.340. The maximum Gasteiger partial charge on any atom is 0.457 e. The first-order valence-electron chi connectivity index (χ1n) is 5.65. The van der Waals surface area contributed by atoms with E-state index in [0.29, 0.717) is 0 Å². The Kier molecular flexibility index (Phi) is 3.67. The molecule has 0 saturated carbocycles. The Labute approximate surface area is 127 Å². The number of fused-ring (bicyclic) bond motifs is 1. The van der Waals surface area contributed by atoms with Crippen LogP contribution in [0.15, 0.2) is 0 Å². The standard InChI is InChI=1S/C11F14/c12-3-1-2(4(13)6(15)5(3)14)8(17,10(20,21)22)7(1,16)9(18,19)11(23,24)25. The normalized spacial score (nSPS) is 27.1. The molecular weight excluding hydrogens is 398 g/mol. The Balaban J connectivity index is 3.05. The molecule has 0 saturated heterocycles. The predicted molar refractivity (Wildman–Crippen MR) is 48.9 cm³/mol. The fourth-order valence-electron chi connectivity index (χ4n) is 2.47. The lowest BCUT2D eigenvalue weighted by atomic mass is 9.59. The molecule has 0 amide bonds. The minimum absolute atomic E-state index is 3.15. The highest BCUT2D eigenvalue weighted by molar-refractivity contribution is 5.56. The molecular formula is C11F14. The number of halogens is 14. The molecule has 1 aromatic carbocycles. The summed E-state index contributed by atoms with van der Waals surface area (Å²) >= 11 is 0. The SMILES string of the molecule is Fc1c(F)c(F)c2c(c1F)C(F)(C(F)(F)F)C2(F)C(F)(F)C(F)(F)F. The van der Waals surface area contributed by atoms with E-state index < -0.39 is 64.0 Å². The van der Waals surface area contributed by atoms with Crippen LogP contribution in [0, 0.1) is 23.3 Å². The monoisotopic (exact) mass is 398 g/mol. The number of hydrogen-bond acceptors (Lipinski definition) is 0. The molecule has 0 heterocycles. The minimum Gasteiger partial charge on any atom is -0.227 e. The van der Waals surface area contributed by atoms with Crippen molar-refractivity contribution >= 4 is 0 Å². The van der Waals surface area contributed by atoms with E-state index in [1.165, 1.54) is 0 Å². The van der Waals surface area contributed by atoms with Gasteiger partial charge in [-0.1, -0.05) is 0 Å². The molecule has 1 aliphatic rings. The van der Waals surface area contributed by atoms with E-state index in [-0.39, 0.29) is 0 Å². The van der Waals surface area contributed by atoms with Crippen LogP contribution in [0.5, 0.6) is 0 Å². The smallest absolute Gasteiger partial charge is 0.227 e. The van der Waals surface area contributed by atoms with Crippen molar-refractivity contribution in [3.8, 4) is 0 Å². The highest BCUT2D eigenvalue weighted by atomic mass is 19.4. The van der Waals surface area contributed by atoms with Crippen molar-refractivity contribution in [1.82, 2.24) is 0 Å². The van der Waals surface area contributed by atoms with E-state index in [0.717, 1.165) is 0 Å². The van der Waals surface area contributed by atoms with Gasteiger partial charge in [-0.15, -0.1) is 0 Å². The highest BCUT2D eigenvalue weighted by Crippen LogP contribution is 2.73. The molecule has 2 atom stereocenters. The van der Waals surface area contributed by atoms with E-state index in [1.54, 1.807) is 0 Å². The second-order valence-electron chi connectivity index (χ2n) is 4.89. The number of hydrogen-bond donors (Lipinski definition) is 0. The van der Waals surface area contributed by atoms with Gasteiger partial charge in [0, 0.05) is 5.56 Å². The minimum atomic E-state index is -7.28. The molecule has 0 fully saturated rings. The van der Waals surface area contributed by atoms with Crippen LogP contribution < -0.4 is 0 Å². The van der Waals surface area contributed by atoms with Gasteiger partial charge in [-0.25, -0.2) is 26.3 Å². The molecule has 0 bridgehead atoms. The average Bonchev–Trinajstić information content (AvgIpc) is 2.44. The average molecular weight is 398 g/mol. The Morgan fingerprint density at radius 3 is 1.12 bits per heavy atom. The van der Waals surface area contributed by atoms with E-state index in [2.05, 4.69) is 0 Å². The first-order valence-corrected chi connectivity index (χ1v) is 5.65. The lowest BCUT2D eigenvalue weighted by Crippen LogP contribution is -2.72. The number of alkyl halides is 10. The van der Waals surface area contributed by atoms with Gasteiger partial charge in [-0.3, -0.25) is 0 Å². The summed E-state index contributed by atoms with van der Waals surface area (Å²) in [4.78, 5) is 0. The summed E-state index contributed by atoms with van der Waals surface area (Å²) in [5.41, 5.74) is -19.5. The van der Waals surface area contributed by atoms with E-state index in [9.17, 15) is 61.5 Å². The number of rotatable bonds is 1. The molecule has 1 aliphatic carbocycles. The van der Waals surface area contributed by atoms with Gasteiger partial charge in [0.15, 0.2) is 23.3 Å². The maximum atomic E-state index is 14.2. The van der Waals surface area contributed by atoms with Crippen LogP contribution in [0.2, 0.25) is 0 Å². The van der Waals surface area contributed by atoms with Crippen LogP contribution in [-0.2, 0) is 11.3 Å². The van der Waals surface area contributed by atoms with E-state index in [4.69, 9.17) is 0 Å². The fraction of sp³-hybridized carbons (Fsp3) is 0.455. The summed E-state index contributed by atoms with van der Waals surface area (Å²) in [5, 5.41) is 0. The van der Waals surface area contributed by atoms with Gasteiger partial charge in [-0.2, -0.15) is 35.1 Å². The van der Waals surface area contributed by atoms with Crippen LogP contribution in [0.25, 0.3) is 0 Å². The summed E-state index contributed by atoms with van der Waals surface area (Å²) in [6.07, 6.45) is -14.2. The summed E-state index contributed by atoms with van der Waals surface area (Å²) < 4.78 is 182. The van der Waals surface area contributed by atoms with Gasteiger partial charge in [0.1, 0.15) is 0 Å². The molecule has 0 radical (unpaired) electrons. The second kappa shape index (κ2) is 4.69. The van der Waals surface area contributed by atoms with Crippen LogP contribution >= 0.6 is 0 Å². The van der Waals surface area contributed by atoms with E-state index >= 15 is 0 Å². The maximum absolute atomic E-state index is 14.2. The first kappa shape index (κ1) is 19.6. The molecule has 2 unspecified atom stereocenters. The molecule has 0 N–H and O–H groups in total. The van der Waals surface area contributed by atoms with Crippen molar-refractivity contribution in [1.29, 1.82) is 0 Å². The molecule has 2 rings (SSSR count). The van der Waals surface area contributed by atoms with Gasteiger partial charge in [0.2, 0.25) is 0 Å². The zero-order valence-corrected chi connectivity index (χ0v) is 10.8. The molecule has 0 aliphatic heterocycles. The van der Waals surface area contributed by atoms with Crippen molar-refractivity contribution in [3.63, 3.8) is 0 Å². The van der Waals surface area contributed by atoms with Crippen molar-refractivity contribution < 1.29 is 61.5 Å². The summed E-state index contributed by atoms with van der Waals surface area (Å²) in [6.45, 7) is 0. The Hall–Kier alpha value is -1.76. The topological polar surface area (TPSA) is 0 Å². The van der Waals surface area contributed by atoms with Crippen LogP contribution in [-0.4, -0.2) is 18.3 Å².